The highest BCUT2D eigenvalue weighted by molar-refractivity contribution is 5.68. The van der Waals surface area contributed by atoms with Crippen LogP contribution >= 0.6 is 0 Å². The minimum absolute atomic E-state index is 0.0183. The molecule has 22 heavy (non-hydrogen) atoms. The van der Waals surface area contributed by atoms with Crippen LogP contribution in [0, 0.1) is 5.92 Å². The third-order valence-electron chi connectivity index (χ3n) is 3.09. The van der Waals surface area contributed by atoms with E-state index >= 15 is 0 Å². The van der Waals surface area contributed by atoms with Crippen LogP contribution in [0.25, 0.3) is 0 Å². The number of rotatable bonds is 7. The van der Waals surface area contributed by atoms with E-state index in [0.717, 1.165) is 0 Å². The Morgan fingerprint density at radius 2 is 2.14 bits per heavy atom. The van der Waals surface area contributed by atoms with Gasteiger partial charge >= 0.3 is 6.09 Å². The molecule has 1 heterocycles. The number of nitrogens with zero attached hydrogens (tertiary/aromatic N) is 1. The molecular weight excluding hydrogens is 286 g/mol. The second-order valence-corrected chi connectivity index (χ2v) is 6.33. The largest absolute Gasteiger partial charge is 0.467 e. The first-order valence-electron chi connectivity index (χ1n) is 7.44. The molecule has 1 aromatic rings. The number of hydrogen-bond acceptors (Lipinski definition) is 5. The molecule has 0 unspecified atom stereocenters. The van der Waals surface area contributed by atoms with Gasteiger partial charge in [-0.1, -0.05) is 6.92 Å². The monoisotopic (exact) mass is 313 g/mol. The number of ether oxygens (including phenoxy) is 2. The number of amides is 1. The number of carbonyl (C=O) groups is 1. The lowest BCUT2D eigenvalue weighted by molar-refractivity contribution is 0.00164. The number of aliphatic hydroxyl groups is 1. The summed E-state index contributed by atoms with van der Waals surface area (Å²) in [6.45, 7) is 8.09. The normalized spacial score (nSPS) is 14.5. The van der Waals surface area contributed by atoms with E-state index in [-0.39, 0.29) is 25.2 Å². The van der Waals surface area contributed by atoms with Gasteiger partial charge in [-0.15, -0.1) is 0 Å². The van der Waals surface area contributed by atoms with Gasteiger partial charge in [0.1, 0.15) is 11.4 Å². The SMILES string of the molecule is C[C@H](COCCO)[C@@H](c1ccco1)N(C)C(=O)OC(C)(C)C. The van der Waals surface area contributed by atoms with Gasteiger partial charge in [0.05, 0.1) is 32.1 Å². The van der Waals surface area contributed by atoms with Crippen molar-refractivity contribution in [2.45, 2.75) is 39.3 Å². The standard InChI is InChI=1S/C16H27NO5/c1-12(11-20-10-8-18)14(13-7-6-9-21-13)17(5)15(19)22-16(2,3)4/h6-7,9,12,14,18H,8,10-11H2,1-5H3/t12-,14+/m1/s1. The summed E-state index contributed by atoms with van der Waals surface area (Å²) in [4.78, 5) is 13.8. The Balaban J connectivity index is 2.84. The van der Waals surface area contributed by atoms with Crippen LogP contribution in [-0.2, 0) is 9.47 Å². The molecule has 1 rings (SSSR count). The fourth-order valence-corrected chi connectivity index (χ4v) is 2.18. The van der Waals surface area contributed by atoms with E-state index in [4.69, 9.17) is 19.0 Å². The van der Waals surface area contributed by atoms with Gasteiger partial charge < -0.3 is 23.9 Å². The van der Waals surface area contributed by atoms with E-state index < -0.39 is 11.7 Å². The molecule has 0 saturated heterocycles. The first kappa shape index (κ1) is 18.5. The highest BCUT2D eigenvalue weighted by atomic mass is 16.6. The lowest BCUT2D eigenvalue weighted by atomic mass is 9.99. The molecule has 6 nitrogen and oxygen atoms in total. The lowest BCUT2D eigenvalue weighted by Crippen LogP contribution is -2.39. The Kier molecular flexibility index (Phi) is 6.90. The van der Waals surface area contributed by atoms with Crippen LogP contribution in [0.1, 0.15) is 39.5 Å². The highest BCUT2D eigenvalue weighted by Gasteiger charge is 2.32. The van der Waals surface area contributed by atoms with Gasteiger partial charge in [0.25, 0.3) is 0 Å². The molecule has 0 spiro atoms. The highest BCUT2D eigenvalue weighted by Crippen LogP contribution is 2.29. The van der Waals surface area contributed by atoms with E-state index in [1.54, 1.807) is 19.4 Å². The van der Waals surface area contributed by atoms with Crippen molar-refractivity contribution in [3.05, 3.63) is 24.2 Å². The van der Waals surface area contributed by atoms with Gasteiger partial charge in [-0.25, -0.2) is 4.79 Å². The molecule has 0 radical (unpaired) electrons. The minimum atomic E-state index is -0.560. The molecule has 126 valence electrons. The van der Waals surface area contributed by atoms with Crippen LogP contribution in [0.5, 0.6) is 0 Å². The molecular formula is C16H27NO5. The van der Waals surface area contributed by atoms with Gasteiger partial charge in [0, 0.05) is 13.0 Å². The summed E-state index contributed by atoms with van der Waals surface area (Å²) in [7, 11) is 1.68. The quantitative estimate of drug-likeness (QED) is 0.784. The topological polar surface area (TPSA) is 72.1 Å². The second-order valence-electron chi connectivity index (χ2n) is 6.33. The Hall–Kier alpha value is -1.53. The number of furan rings is 1. The maximum absolute atomic E-state index is 12.3. The predicted octanol–water partition coefficient (Wildman–Crippen LogP) is 2.83. The van der Waals surface area contributed by atoms with Crippen molar-refractivity contribution in [3.8, 4) is 0 Å². The van der Waals surface area contributed by atoms with E-state index in [1.165, 1.54) is 4.90 Å². The molecule has 1 aromatic heterocycles. The Morgan fingerprint density at radius 1 is 1.45 bits per heavy atom. The van der Waals surface area contributed by atoms with Crippen molar-refractivity contribution >= 4 is 6.09 Å². The van der Waals surface area contributed by atoms with Crippen molar-refractivity contribution in [1.82, 2.24) is 4.90 Å². The summed E-state index contributed by atoms with van der Waals surface area (Å²) >= 11 is 0. The zero-order chi connectivity index (χ0) is 16.8. The maximum atomic E-state index is 12.3. The number of hydrogen-bond donors (Lipinski definition) is 1. The molecule has 0 aliphatic carbocycles. The third-order valence-corrected chi connectivity index (χ3v) is 3.09. The minimum Gasteiger partial charge on any atom is -0.467 e. The third kappa shape index (κ3) is 5.69. The summed E-state index contributed by atoms with van der Waals surface area (Å²) in [5.74, 6) is 0.656. The molecule has 2 atom stereocenters. The molecule has 0 saturated carbocycles. The van der Waals surface area contributed by atoms with Crippen LogP contribution in [0.3, 0.4) is 0 Å². The van der Waals surface area contributed by atoms with Gasteiger partial charge in [-0.3, -0.25) is 0 Å². The van der Waals surface area contributed by atoms with E-state index in [1.807, 2.05) is 33.8 Å². The van der Waals surface area contributed by atoms with E-state index in [2.05, 4.69) is 0 Å². The molecule has 0 aliphatic heterocycles. The molecule has 0 aromatic carbocycles. The van der Waals surface area contributed by atoms with Crippen LogP contribution in [0.4, 0.5) is 4.79 Å². The summed E-state index contributed by atoms with van der Waals surface area (Å²) in [6.07, 6.45) is 1.16. The van der Waals surface area contributed by atoms with Crippen LogP contribution in [0.15, 0.2) is 22.8 Å². The number of aliphatic hydroxyl groups excluding tert-OH is 1. The van der Waals surface area contributed by atoms with Crippen LogP contribution in [0.2, 0.25) is 0 Å². The zero-order valence-corrected chi connectivity index (χ0v) is 14.0. The summed E-state index contributed by atoms with van der Waals surface area (Å²) in [6, 6.07) is 3.31. The first-order chi connectivity index (χ1) is 10.3. The van der Waals surface area contributed by atoms with E-state index in [9.17, 15) is 4.79 Å². The lowest BCUT2D eigenvalue weighted by Gasteiger charge is -2.33. The Labute approximate surface area is 132 Å². The molecule has 1 amide bonds. The summed E-state index contributed by atoms with van der Waals surface area (Å²) in [5, 5.41) is 8.80. The summed E-state index contributed by atoms with van der Waals surface area (Å²) in [5.41, 5.74) is -0.560. The number of carbonyl (C=O) groups excluding carboxylic acids is 1. The van der Waals surface area contributed by atoms with Crippen molar-refractivity contribution in [2.24, 2.45) is 5.92 Å². The van der Waals surface area contributed by atoms with Crippen molar-refractivity contribution in [3.63, 3.8) is 0 Å². The average molecular weight is 313 g/mol. The molecule has 0 aliphatic rings. The molecule has 0 bridgehead atoms. The molecule has 0 fully saturated rings. The van der Waals surface area contributed by atoms with E-state index in [0.29, 0.717) is 12.4 Å². The smallest absolute Gasteiger partial charge is 0.410 e. The summed E-state index contributed by atoms with van der Waals surface area (Å²) < 4.78 is 16.3. The average Bonchev–Trinajstić information content (AvgIpc) is 2.91. The predicted molar refractivity (Wildman–Crippen MR) is 82.5 cm³/mol. The van der Waals surface area contributed by atoms with Gasteiger partial charge in [0.2, 0.25) is 0 Å². The van der Waals surface area contributed by atoms with Gasteiger partial charge in [-0.05, 0) is 32.9 Å². The Morgan fingerprint density at radius 3 is 2.64 bits per heavy atom. The van der Waals surface area contributed by atoms with Crippen molar-refractivity contribution in [1.29, 1.82) is 0 Å². The van der Waals surface area contributed by atoms with Gasteiger partial charge in [0.15, 0.2) is 0 Å². The van der Waals surface area contributed by atoms with Crippen LogP contribution in [-0.4, -0.2) is 48.6 Å². The van der Waals surface area contributed by atoms with Gasteiger partial charge in [-0.2, -0.15) is 0 Å². The van der Waals surface area contributed by atoms with Crippen molar-refractivity contribution < 1.29 is 23.8 Å². The van der Waals surface area contributed by atoms with Crippen molar-refractivity contribution in [2.75, 3.05) is 26.9 Å². The van der Waals surface area contributed by atoms with Crippen LogP contribution < -0.4 is 0 Å². The Bertz CT molecular complexity index is 438. The molecule has 6 heteroatoms. The second kappa shape index (κ2) is 8.19. The fraction of sp³-hybridized carbons (Fsp3) is 0.688. The fourth-order valence-electron chi connectivity index (χ4n) is 2.18. The zero-order valence-electron chi connectivity index (χ0n) is 14.0. The molecule has 1 N–H and O–H groups in total. The maximum Gasteiger partial charge on any atom is 0.410 e. The first-order valence-corrected chi connectivity index (χ1v) is 7.44.